The van der Waals surface area contributed by atoms with Crippen LogP contribution >= 0.6 is 22.6 Å². The molecular formula is C8H16IN. The van der Waals surface area contributed by atoms with Gasteiger partial charge in [-0.1, -0.05) is 29.5 Å². The number of rotatable bonds is 0. The fourth-order valence-corrected chi connectivity index (χ4v) is 2.00. The van der Waals surface area contributed by atoms with Gasteiger partial charge in [-0.05, 0) is 39.4 Å². The van der Waals surface area contributed by atoms with Crippen molar-refractivity contribution >= 4 is 22.6 Å². The van der Waals surface area contributed by atoms with Gasteiger partial charge in [-0.3, -0.25) is 0 Å². The van der Waals surface area contributed by atoms with Crippen LogP contribution in [0.3, 0.4) is 0 Å². The number of halogens is 1. The zero-order valence-corrected chi connectivity index (χ0v) is 9.02. The van der Waals surface area contributed by atoms with Gasteiger partial charge in [-0.25, -0.2) is 0 Å². The third-order valence-corrected chi connectivity index (χ3v) is 3.33. The van der Waals surface area contributed by atoms with Gasteiger partial charge in [0.25, 0.3) is 0 Å². The van der Waals surface area contributed by atoms with E-state index in [2.05, 4.69) is 41.5 Å². The summed E-state index contributed by atoms with van der Waals surface area (Å²) < 4.78 is 0.572. The minimum absolute atomic E-state index is 0.572. The van der Waals surface area contributed by atoms with Crippen molar-refractivity contribution in [1.82, 2.24) is 4.90 Å². The first-order valence-corrected chi connectivity index (χ1v) is 5.05. The molecule has 0 saturated carbocycles. The van der Waals surface area contributed by atoms with Crippen LogP contribution in [-0.2, 0) is 0 Å². The van der Waals surface area contributed by atoms with Crippen LogP contribution in [0, 0.1) is 0 Å². The molecule has 0 radical (unpaired) electrons. The van der Waals surface area contributed by atoms with Gasteiger partial charge in [0.05, 0.1) is 0 Å². The fourth-order valence-electron chi connectivity index (χ4n) is 1.38. The average Bonchev–Trinajstić information content (AvgIpc) is 1.94. The van der Waals surface area contributed by atoms with Crippen LogP contribution in [0.2, 0.25) is 0 Å². The molecule has 0 amide bonds. The number of alkyl halides is 1. The van der Waals surface area contributed by atoms with Crippen molar-refractivity contribution in [3.05, 3.63) is 0 Å². The number of hydrogen-bond donors (Lipinski definition) is 0. The van der Waals surface area contributed by atoms with Gasteiger partial charge >= 0.3 is 0 Å². The van der Waals surface area contributed by atoms with Crippen molar-refractivity contribution in [2.75, 3.05) is 20.1 Å². The Bertz CT molecular complexity index is 112. The molecule has 1 nitrogen and oxygen atoms in total. The van der Waals surface area contributed by atoms with E-state index in [-0.39, 0.29) is 0 Å². The summed E-state index contributed by atoms with van der Waals surface area (Å²) >= 11 is 2.60. The van der Waals surface area contributed by atoms with Crippen molar-refractivity contribution in [2.24, 2.45) is 0 Å². The third-order valence-electron chi connectivity index (χ3n) is 2.25. The minimum atomic E-state index is 0.572. The molecule has 1 rings (SSSR count). The van der Waals surface area contributed by atoms with Crippen molar-refractivity contribution in [3.8, 4) is 0 Å². The molecule has 10 heavy (non-hydrogen) atoms. The first kappa shape index (κ1) is 8.78. The third kappa shape index (κ3) is 2.74. The maximum atomic E-state index is 2.60. The topological polar surface area (TPSA) is 3.24 Å². The molecule has 60 valence electrons. The zero-order valence-electron chi connectivity index (χ0n) is 6.86. The van der Waals surface area contributed by atoms with Crippen LogP contribution < -0.4 is 0 Å². The van der Waals surface area contributed by atoms with E-state index in [1.165, 1.54) is 32.4 Å². The first-order chi connectivity index (χ1) is 4.60. The molecule has 0 aromatic heterocycles. The smallest absolute Gasteiger partial charge is 0.0206 e. The molecule has 0 aliphatic carbocycles. The normalized spacial score (nSPS) is 37.5. The summed E-state index contributed by atoms with van der Waals surface area (Å²) in [6.07, 6.45) is 4.11. The maximum absolute atomic E-state index is 2.60. The lowest BCUT2D eigenvalue weighted by Crippen LogP contribution is -2.21. The van der Waals surface area contributed by atoms with Crippen molar-refractivity contribution in [2.45, 2.75) is 29.6 Å². The van der Waals surface area contributed by atoms with Crippen LogP contribution in [0.4, 0.5) is 0 Å². The molecule has 0 aromatic rings. The summed E-state index contributed by atoms with van der Waals surface area (Å²) in [4.78, 5) is 2.43. The van der Waals surface area contributed by atoms with E-state index in [0.29, 0.717) is 3.42 Å². The zero-order chi connectivity index (χ0) is 7.61. The Balaban J connectivity index is 2.41. The largest absolute Gasteiger partial charge is 0.306 e. The van der Waals surface area contributed by atoms with Crippen molar-refractivity contribution in [1.29, 1.82) is 0 Å². The quantitative estimate of drug-likeness (QED) is 0.473. The highest BCUT2D eigenvalue weighted by Gasteiger charge is 2.22. The number of likely N-dealkylation sites (tertiary alicyclic amines) is 1. The lowest BCUT2D eigenvalue weighted by atomic mass is 10.0. The Hall–Kier alpha value is 0.690. The molecular weight excluding hydrogens is 237 g/mol. The van der Waals surface area contributed by atoms with Crippen LogP contribution in [-0.4, -0.2) is 28.5 Å². The standard InChI is InChI=1S/C8H16IN/c1-8(9)4-3-6-10(2)7-5-8/h3-7H2,1-2H3. The Morgan fingerprint density at radius 1 is 1.30 bits per heavy atom. The van der Waals surface area contributed by atoms with Gasteiger partial charge in [0.1, 0.15) is 0 Å². The highest BCUT2D eigenvalue weighted by molar-refractivity contribution is 14.1. The predicted molar refractivity (Wildman–Crippen MR) is 53.8 cm³/mol. The van der Waals surface area contributed by atoms with Gasteiger partial charge in [-0.15, -0.1) is 0 Å². The highest BCUT2D eigenvalue weighted by atomic mass is 127. The molecule has 1 atom stereocenters. The average molecular weight is 253 g/mol. The van der Waals surface area contributed by atoms with Gasteiger partial charge in [0, 0.05) is 3.42 Å². The molecule has 0 N–H and O–H groups in total. The molecule has 1 heterocycles. The van der Waals surface area contributed by atoms with E-state index in [0.717, 1.165) is 0 Å². The Kier molecular flexibility index (Phi) is 2.98. The second-order valence-corrected chi connectivity index (χ2v) is 6.17. The van der Waals surface area contributed by atoms with Gasteiger partial charge in [0.2, 0.25) is 0 Å². The monoisotopic (exact) mass is 253 g/mol. The Morgan fingerprint density at radius 2 is 2.00 bits per heavy atom. The van der Waals surface area contributed by atoms with E-state index >= 15 is 0 Å². The molecule has 2 heteroatoms. The molecule has 1 aliphatic rings. The van der Waals surface area contributed by atoms with Crippen LogP contribution in [0.25, 0.3) is 0 Å². The molecule has 0 spiro atoms. The minimum Gasteiger partial charge on any atom is -0.306 e. The van der Waals surface area contributed by atoms with Crippen molar-refractivity contribution in [3.63, 3.8) is 0 Å². The van der Waals surface area contributed by atoms with Crippen molar-refractivity contribution < 1.29 is 0 Å². The second kappa shape index (κ2) is 3.39. The summed E-state index contributed by atoms with van der Waals surface area (Å²) in [5.74, 6) is 0. The molecule has 1 unspecified atom stereocenters. The van der Waals surface area contributed by atoms with Crippen LogP contribution in [0.15, 0.2) is 0 Å². The maximum Gasteiger partial charge on any atom is 0.0206 e. The van der Waals surface area contributed by atoms with E-state index in [9.17, 15) is 0 Å². The summed E-state index contributed by atoms with van der Waals surface area (Å²) in [6.45, 7) is 4.94. The number of hydrogen-bond acceptors (Lipinski definition) is 1. The molecule has 1 saturated heterocycles. The number of nitrogens with zero attached hydrogens (tertiary/aromatic N) is 1. The predicted octanol–water partition coefficient (Wildman–Crippen LogP) is 2.30. The lowest BCUT2D eigenvalue weighted by molar-refractivity contribution is 0.347. The van der Waals surface area contributed by atoms with Crippen LogP contribution in [0.5, 0.6) is 0 Å². The Morgan fingerprint density at radius 3 is 2.70 bits per heavy atom. The van der Waals surface area contributed by atoms with Crippen LogP contribution in [0.1, 0.15) is 26.2 Å². The summed E-state index contributed by atoms with van der Waals surface area (Å²) in [7, 11) is 2.22. The molecule has 0 bridgehead atoms. The molecule has 0 aromatic carbocycles. The van der Waals surface area contributed by atoms with E-state index < -0.39 is 0 Å². The summed E-state index contributed by atoms with van der Waals surface area (Å²) in [5.41, 5.74) is 0. The van der Waals surface area contributed by atoms with Gasteiger partial charge < -0.3 is 4.90 Å². The van der Waals surface area contributed by atoms with Gasteiger partial charge in [0.15, 0.2) is 0 Å². The van der Waals surface area contributed by atoms with E-state index in [4.69, 9.17) is 0 Å². The van der Waals surface area contributed by atoms with E-state index in [1.807, 2.05) is 0 Å². The highest BCUT2D eigenvalue weighted by Crippen LogP contribution is 2.30. The lowest BCUT2D eigenvalue weighted by Gasteiger charge is -2.19. The molecule has 1 aliphatic heterocycles. The Labute approximate surface area is 77.3 Å². The van der Waals surface area contributed by atoms with E-state index in [1.54, 1.807) is 0 Å². The first-order valence-electron chi connectivity index (χ1n) is 3.98. The summed E-state index contributed by atoms with van der Waals surface area (Å²) in [5, 5.41) is 0. The van der Waals surface area contributed by atoms with Gasteiger partial charge in [-0.2, -0.15) is 0 Å². The fraction of sp³-hybridized carbons (Fsp3) is 1.00. The second-order valence-electron chi connectivity index (χ2n) is 3.57. The summed E-state index contributed by atoms with van der Waals surface area (Å²) in [6, 6.07) is 0. The molecule has 1 fully saturated rings. The SMILES string of the molecule is CN1CCCC(C)(I)CC1.